The van der Waals surface area contributed by atoms with E-state index >= 15 is 0 Å². The molecular weight excluding hydrogens is 345 g/mol. The molecule has 0 spiro atoms. The molecule has 0 unspecified atom stereocenters. The number of Topliss-reactive ketones (excluding diaryl/α,β-unsaturated/α-hetero) is 1. The molecule has 0 aliphatic heterocycles. The molecule has 2 rings (SSSR count). The maximum atomic E-state index is 13.5. The number of rotatable bonds is 4. The Morgan fingerprint density at radius 2 is 1.86 bits per heavy atom. The minimum atomic E-state index is -0.975. The van der Waals surface area contributed by atoms with Crippen LogP contribution in [0.5, 0.6) is 11.5 Å². The van der Waals surface area contributed by atoms with Crippen LogP contribution in [-0.2, 0) is 0 Å². The van der Waals surface area contributed by atoms with Crippen molar-refractivity contribution in [1.29, 1.82) is 0 Å². The van der Waals surface area contributed by atoms with Gasteiger partial charge in [-0.3, -0.25) is 14.9 Å². The van der Waals surface area contributed by atoms with Crippen molar-refractivity contribution in [2.24, 2.45) is 0 Å². The average Bonchev–Trinajstić information content (AvgIpc) is 2.37. The van der Waals surface area contributed by atoms with E-state index in [0.29, 0.717) is 15.8 Å². The Bertz CT molecular complexity index is 671. The van der Waals surface area contributed by atoms with Crippen molar-refractivity contribution in [2.75, 3.05) is 0 Å². The molecule has 5 nitrogen and oxygen atoms in total. The number of carbonyl (C=O) groups is 1. The highest BCUT2D eigenvalue weighted by Crippen LogP contribution is 2.29. The van der Waals surface area contributed by atoms with Crippen molar-refractivity contribution in [1.82, 2.24) is 0 Å². The number of hydrogen-bond donors (Lipinski definition) is 0. The second-order valence-corrected chi connectivity index (χ2v) is 5.02. The molecule has 0 amide bonds. The van der Waals surface area contributed by atoms with Gasteiger partial charge in [-0.1, -0.05) is 0 Å². The van der Waals surface area contributed by atoms with E-state index in [0.717, 1.165) is 12.1 Å². The molecule has 0 radical (unpaired) electrons. The molecule has 0 aliphatic rings. The summed E-state index contributed by atoms with van der Waals surface area (Å²) in [5, 5.41) is 10.5. The van der Waals surface area contributed by atoms with Gasteiger partial charge >= 0.3 is 5.69 Å². The lowest BCUT2D eigenvalue weighted by atomic mass is 10.1. The summed E-state index contributed by atoms with van der Waals surface area (Å²) < 4.78 is 19.4. The number of ketones is 1. The summed E-state index contributed by atoms with van der Waals surface area (Å²) in [5.41, 5.74) is -0.118. The van der Waals surface area contributed by atoms with Gasteiger partial charge < -0.3 is 4.74 Å². The third-order valence-corrected chi connectivity index (χ3v) is 3.33. The van der Waals surface area contributed by atoms with E-state index in [9.17, 15) is 19.3 Å². The molecule has 0 N–H and O–H groups in total. The molecule has 7 heteroatoms. The topological polar surface area (TPSA) is 69.4 Å². The Morgan fingerprint density at radius 1 is 1.24 bits per heavy atom. The quantitative estimate of drug-likeness (QED) is 0.461. The lowest BCUT2D eigenvalue weighted by molar-refractivity contribution is -0.387. The second-order valence-electron chi connectivity index (χ2n) is 4.17. The van der Waals surface area contributed by atoms with Gasteiger partial charge in [-0.15, -0.1) is 0 Å². The lowest BCUT2D eigenvalue weighted by Crippen LogP contribution is -1.95. The zero-order valence-electron chi connectivity index (χ0n) is 10.8. The number of halogens is 2. The minimum absolute atomic E-state index is 0.102. The van der Waals surface area contributed by atoms with Crippen LogP contribution >= 0.6 is 15.9 Å². The first-order chi connectivity index (χ1) is 9.88. The summed E-state index contributed by atoms with van der Waals surface area (Å²) >= 11 is 3.24. The highest BCUT2D eigenvalue weighted by Gasteiger charge is 2.15. The third kappa shape index (κ3) is 3.43. The third-order valence-electron chi connectivity index (χ3n) is 2.67. The van der Waals surface area contributed by atoms with E-state index in [4.69, 9.17) is 4.74 Å². The van der Waals surface area contributed by atoms with Crippen LogP contribution in [0, 0.1) is 15.9 Å². The number of nitrogens with zero attached hydrogens (tertiary/aromatic N) is 1. The van der Waals surface area contributed by atoms with Crippen LogP contribution in [0.3, 0.4) is 0 Å². The number of ether oxygens (including phenoxy) is 1. The molecular formula is C14H9BrFNO4. The second kappa shape index (κ2) is 6.01. The molecule has 2 aromatic rings. The molecule has 0 saturated heterocycles. The molecule has 0 aromatic heterocycles. The Morgan fingerprint density at radius 3 is 2.38 bits per heavy atom. The summed E-state index contributed by atoms with van der Waals surface area (Å²) in [6.45, 7) is 1.44. The van der Waals surface area contributed by atoms with Crippen molar-refractivity contribution in [2.45, 2.75) is 6.92 Å². The first kappa shape index (κ1) is 15.1. The SMILES string of the molecule is CC(=O)c1ccc(Oc2ccc([N+](=O)[O-])c(F)c2)cc1Br. The van der Waals surface area contributed by atoms with Crippen LogP contribution in [0.25, 0.3) is 0 Å². The molecule has 0 atom stereocenters. The predicted molar refractivity (Wildman–Crippen MR) is 77.3 cm³/mol. The first-order valence-electron chi connectivity index (χ1n) is 5.81. The Hall–Kier alpha value is -2.28. The summed E-state index contributed by atoms with van der Waals surface area (Å²) in [6.07, 6.45) is 0. The molecule has 0 bridgehead atoms. The summed E-state index contributed by atoms with van der Waals surface area (Å²) in [7, 11) is 0. The first-order valence-corrected chi connectivity index (χ1v) is 6.60. The van der Waals surface area contributed by atoms with E-state index in [1.54, 1.807) is 18.2 Å². The number of carbonyl (C=O) groups excluding carboxylic acids is 1. The van der Waals surface area contributed by atoms with Crippen molar-refractivity contribution < 1.29 is 18.8 Å². The van der Waals surface area contributed by atoms with Gasteiger partial charge in [0.15, 0.2) is 5.78 Å². The van der Waals surface area contributed by atoms with E-state index < -0.39 is 16.4 Å². The average molecular weight is 354 g/mol. The fourth-order valence-electron chi connectivity index (χ4n) is 1.68. The van der Waals surface area contributed by atoms with Gasteiger partial charge in [0.05, 0.1) is 4.92 Å². The molecule has 0 fully saturated rings. The van der Waals surface area contributed by atoms with E-state index in [1.807, 2.05) is 0 Å². The zero-order valence-corrected chi connectivity index (χ0v) is 12.4. The van der Waals surface area contributed by atoms with Crippen LogP contribution in [-0.4, -0.2) is 10.7 Å². The number of hydrogen-bond acceptors (Lipinski definition) is 4. The Labute approximate surface area is 127 Å². The highest BCUT2D eigenvalue weighted by atomic mass is 79.9. The largest absolute Gasteiger partial charge is 0.457 e. The van der Waals surface area contributed by atoms with Crippen molar-refractivity contribution in [3.8, 4) is 11.5 Å². The van der Waals surface area contributed by atoms with Crippen molar-refractivity contribution >= 4 is 27.4 Å². The van der Waals surface area contributed by atoms with E-state index in [-0.39, 0.29) is 11.5 Å². The fraction of sp³-hybridized carbons (Fsp3) is 0.0714. The number of nitro groups is 1. The highest BCUT2D eigenvalue weighted by molar-refractivity contribution is 9.10. The van der Waals surface area contributed by atoms with E-state index in [2.05, 4.69) is 15.9 Å². The smallest absolute Gasteiger partial charge is 0.305 e. The predicted octanol–water partition coefficient (Wildman–Crippen LogP) is 4.49. The van der Waals surface area contributed by atoms with Crippen LogP contribution in [0.2, 0.25) is 0 Å². The Kier molecular flexibility index (Phi) is 4.32. The minimum Gasteiger partial charge on any atom is -0.457 e. The van der Waals surface area contributed by atoms with Crippen LogP contribution < -0.4 is 4.74 Å². The lowest BCUT2D eigenvalue weighted by Gasteiger charge is -2.08. The van der Waals surface area contributed by atoms with E-state index in [1.165, 1.54) is 13.0 Å². The van der Waals surface area contributed by atoms with Gasteiger partial charge in [0.2, 0.25) is 5.82 Å². The normalized spacial score (nSPS) is 10.2. The van der Waals surface area contributed by atoms with Gasteiger partial charge in [0.1, 0.15) is 11.5 Å². The van der Waals surface area contributed by atoms with Crippen LogP contribution in [0.1, 0.15) is 17.3 Å². The van der Waals surface area contributed by atoms with Crippen molar-refractivity contribution in [3.63, 3.8) is 0 Å². The number of benzene rings is 2. The standard InChI is InChI=1S/C14H9BrFNO4/c1-8(18)11-4-2-9(6-12(11)15)21-10-3-5-14(17(19)20)13(16)7-10/h2-7H,1H3. The monoisotopic (exact) mass is 353 g/mol. The van der Waals surface area contributed by atoms with Crippen LogP contribution in [0.15, 0.2) is 40.9 Å². The summed E-state index contributed by atoms with van der Waals surface area (Å²) in [5.74, 6) is -0.576. The van der Waals surface area contributed by atoms with Gasteiger partial charge in [0, 0.05) is 22.2 Å². The molecule has 21 heavy (non-hydrogen) atoms. The fourth-order valence-corrected chi connectivity index (χ4v) is 2.32. The summed E-state index contributed by atoms with van der Waals surface area (Å²) in [4.78, 5) is 21.0. The van der Waals surface area contributed by atoms with Gasteiger partial charge in [-0.25, -0.2) is 0 Å². The maximum Gasteiger partial charge on any atom is 0.305 e. The molecule has 0 heterocycles. The molecule has 108 valence electrons. The van der Waals surface area contributed by atoms with Gasteiger partial charge in [-0.05, 0) is 47.1 Å². The Balaban J connectivity index is 2.26. The van der Waals surface area contributed by atoms with Gasteiger partial charge in [-0.2, -0.15) is 4.39 Å². The zero-order chi connectivity index (χ0) is 15.6. The molecule has 0 aliphatic carbocycles. The number of nitro benzene ring substituents is 1. The maximum absolute atomic E-state index is 13.5. The molecule has 0 saturated carbocycles. The van der Waals surface area contributed by atoms with Crippen molar-refractivity contribution in [3.05, 3.63) is 62.4 Å². The summed E-state index contributed by atoms with van der Waals surface area (Å²) in [6, 6.07) is 7.96. The molecule has 2 aromatic carbocycles. The van der Waals surface area contributed by atoms with Gasteiger partial charge in [0.25, 0.3) is 0 Å². The van der Waals surface area contributed by atoms with Crippen LogP contribution in [0.4, 0.5) is 10.1 Å².